The molecule has 3 heterocycles. The molecule has 2 aromatic carbocycles. The van der Waals surface area contributed by atoms with Crippen molar-refractivity contribution in [3.8, 4) is 28.7 Å². The SMILES string of the molecule is CO[C@H]1/C=C\O[C@@]2(C)Oc3c(C)c(O)c4c5c(c(O)c(O)c4c3C2=O)NC(=O)[C@](C)(/C=C\C=C(\C)[C@@H](O)[C@@H](C)[C@@H](O)[C@@H](C)[C@H](OC(C)=O)[C@@H]1C)O5. The molecule has 9 atom stereocenters. The number of rotatable bonds is 2. The molecule has 14 heteroatoms. The molecule has 5 rings (SSSR count). The normalized spacial score (nSPS) is 34.7. The number of phenolic OH excluding ortho intramolecular Hbond substituents is 3. The average molecular weight is 712 g/mol. The number of nitrogens with one attached hydrogen (secondary N) is 1. The molecule has 1 amide bonds. The number of hydrogen-bond donors (Lipinski definition) is 6. The van der Waals surface area contributed by atoms with Gasteiger partial charge in [0.05, 0.1) is 35.5 Å². The van der Waals surface area contributed by atoms with Gasteiger partial charge in [0.15, 0.2) is 17.2 Å². The van der Waals surface area contributed by atoms with E-state index in [0.717, 1.165) is 0 Å². The molecule has 6 bridgehead atoms. The number of esters is 1. The number of allylic oxidation sites excluding steroid dienone is 2. The lowest BCUT2D eigenvalue weighted by Crippen LogP contribution is -2.47. The summed E-state index contributed by atoms with van der Waals surface area (Å²) in [7, 11) is 1.42. The molecule has 276 valence electrons. The second kappa shape index (κ2) is 13.4. The summed E-state index contributed by atoms with van der Waals surface area (Å²) in [5.41, 5.74) is -1.76. The number of fused-ring (bicyclic) bond motifs is 2. The number of benzene rings is 2. The molecule has 0 radical (unpaired) electrons. The molecular weight excluding hydrogens is 666 g/mol. The van der Waals surface area contributed by atoms with Crippen molar-refractivity contribution in [2.75, 3.05) is 12.4 Å². The van der Waals surface area contributed by atoms with E-state index in [0.29, 0.717) is 5.57 Å². The van der Waals surface area contributed by atoms with Gasteiger partial charge in [-0.05, 0) is 38.5 Å². The summed E-state index contributed by atoms with van der Waals surface area (Å²) in [4.78, 5) is 39.7. The maximum absolute atomic E-state index is 14.1. The van der Waals surface area contributed by atoms with Crippen LogP contribution in [-0.2, 0) is 23.8 Å². The highest BCUT2D eigenvalue weighted by atomic mass is 16.7. The first-order valence-corrected chi connectivity index (χ1v) is 16.6. The topological polar surface area (TPSA) is 211 Å². The number of Topliss-reactive ketones (excluding diaryl/α,β-unsaturated/α-hetero) is 1. The van der Waals surface area contributed by atoms with Crippen LogP contribution in [0.2, 0.25) is 0 Å². The minimum atomic E-state index is -2.03. The number of ether oxygens (including phenoxy) is 5. The van der Waals surface area contributed by atoms with E-state index in [1.54, 1.807) is 27.7 Å². The van der Waals surface area contributed by atoms with Crippen LogP contribution >= 0.6 is 0 Å². The molecule has 0 saturated carbocycles. The Morgan fingerprint density at radius 1 is 0.922 bits per heavy atom. The van der Waals surface area contributed by atoms with Crippen molar-refractivity contribution in [3.05, 3.63) is 47.3 Å². The van der Waals surface area contributed by atoms with Gasteiger partial charge in [-0.15, -0.1) is 0 Å². The van der Waals surface area contributed by atoms with E-state index in [9.17, 15) is 39.9 Å². The Hall–Kier alpha value is -4.79. The lowest BCUT2D eigenvalue weighted by Gasteiger charge is -2.37. The molecular formula is C37H45NO13. The van der Waals surface area contributed by atoms with Crippen molar-refractivity contribution >= 4 is 34.1 Å². The summed E-state index contributed by atoms with van der Waals surface area (Å²) in [6.07, 6.45) is 3.06. The predicted octanol–water partition coefficient (Wildman–Crippen LogP) is 4.27. The summed E-state index contributed by atoms with van der Waals surface area (Å²) in [6, 6.07) is 0. The molecule has 0 fully saturated rings. The average Bonchev–Trinajstić information content (AvgIpc) is 3.34. The quantitative estimate of drug-likeness (QED) is 0.190. The lowest BCUT2D eigenvalue weighted by molar-refractivity contribution is -0.160. The van der Waals surface area contributed by atoms with Crippen LogP contribution in [0.15, 0.2) is 36.1 Å². The van der Waals surface area contributed by atoms with Gasteiger partial charge in [-0.25, -0.2) is 0 Å². The standard InChI is InChI=1S/C37H45NO13/c1-15-11-10-13-36(7)35(46)38-25-30(44)29(43)22-23(33(25)50-36)28(42)19(5)32-24(22)34(45)37(8,51-32)48-14-12-21(47-9)16(2)31(49-20(6)39)18(4)27(41)17(3)26(15)40/h10-14,16-18,21,26-27,31,40-44H,1-9H3,(H,38,46)/b13-10-,14-12-,15-11-/t16-,17-,18-,21+,26-,27-,31-,36+,37+/m1/s1. The summed E-state index contributed by atoms with van der Waals surface area (Å²) < 4.78 is 29.4. The smallest absolute Gasteiger partial charge is 0.312 e. The molecule has 0 spiro atoms. The van der Waals surface area contributed by atoms with E-state index >= 15 is 0 Å². The van der Waals surface area contributed by atoms with E-state index in [-0.39, 0.29) is 39.1 Å². The monoisotopic (exact) mass is 711 g/mol. The number of ketones is 1. The van der Waals surface area contributed by atoms with Gasteiger partial charge >= 0.3 is 11.8 Å². The highest BCUT2D eigenvalue weighted by Crippen LogP contribution is 2.59. The van der Waals surface area contributed by atoms with E-state index in [1.165, 1.54) is 65.4 Å². The summed E-state index contributed by atoms with van der Waals surface area (Å²) in [6.45, 7) is 12.2. The predicted molar refractivity (Wildman–Crippen MR) is 184 cm³/mol. The number of carbonyl (C=O) groups excluding carboxylic acids is 3. The van der Waals surface area contributed by atoms with E-state index in [4.69, 9.17) is 23.7 Å². The van der Waals surface area contributed by atoms with Crippen LogP contribution in [-0.4, -0.2) is 86.1 Å². The van der Waals surface area contributed by atoms with Crippen LogP contribution in [0, 0.1) is 24.7 Å². The van der Waals surface area contributed by atoms with Gasteiger partial charge in [0.1, 0.15) is 23.3 Å². The number of phenols is 3. The Balaban J connectivity index is 1.73. The third-order valence-electron chi connectivity index (χ3n) is 10.3. The summed E-state index contributed by atoms with van der Waals surface area (Å²) in [5.74, 6) is -8.54. The molecule has 0 unspecified atom stereocenters. The fourth-order valence-corrected chi connectivity index (χ4v) is 7.02. The first kappa shape index (κ1) is 37.5. The third-order valence-corrected chi connectivity index (χ3v) is 10.3. The number of aromatic hydroxyl groups is 3. The maximum atomic E-state index is 14.1. The molecule has 51 heavy (non-hydrogen) atoms. The van der Waals surface area contributed by atoms with Crippen LogP contribution in [0.5, 0.6) is 28.7 Å². The maximum Gasteiger partial charge on any atom is 0.312 e. The van der Waals surface area contributed by atoms with Crippen LogP contribution < -0.4 is 14.8 Å². The van der Waals surface area contributed by atoms with E-state index in [2.05, 4.69) is 5.32 Å². The number of hydrogen-bond acceptors (Lipinski definition) is 13. The molecule has 0 aromatic heterocycles. The Morgan fingerprint density at radius 2 is 1.59 bits per heavy atom. The van der Waals surface area contributed by atoms with Gasteiger partial charge < -0.3 is 54.5 Å². The number of aliphatic hydroxyl groups excluding tert-OH is 2. The third kappa shape index (κ3) is 6.14. The second-order valence-corrected chi connectivity index (χ2v) is 13.9. The molecule has 2 aromatic rings. The minimum absolute atomic E-state index is 0.0902. The van der Waals surface area contributed by atoms with Crippen molar-refractivity contribution in [1.82, 2.24) is 0 Å². The fourth-order valence-electron chi connectivity index (χ4n) is 7.02. The van der Waals surface area contributed by atoms with Gasteiger partial charge in [-0.1, -0.05) is 32.9 Å². The molecule has 6 N–H and O–H groups in total. The number of methoxy groups -OCH3 is 1. The lowest BCUT2D eigenvalue weighted by atomic mass is 9.79. The number of anilines is 1. The summed E-state index contributed by atoms with van der Waals surface area (Å²) in [5, 5.41) is 58.6. The molecule has 14 nitrogen and oxygen atoms in total. The molecule has 3 aliphatic heterocycles. The Labute approximate surface area is 294 Å². The van der Waals surface area contributed by atoms with Crippen molar-refractivity contribution in [1.29, 1.82) is 0 Å². The van der Waals surface area contributed by atoms with E-state index in [1.807, 2.05) is 0 Å². The fraction of sp³-hybridized carbons (Fsp3) is 0.486. The minimum Gasteiger partial charge on any atom is -0.507 e. The van der Waals surface area contributed by atoms with Gasteiger partial charge in [0.25, 0.3) is 11.7 Å². The van der Waals surface area contributed by atoms with Crippen LogP contribution in [0.3, 0.4) is 0 Å². The number of aliphatic hydroxyl groups is 2. The zero-order chi connectivity index (χ0) is 37.9. The highest BCUT2D eigenvalue weighted by Gasteiger charge is 2.51. The second-order valence-electron chi connectivity index (χ2n) is 13.9. The van der Waals surface area contributed by atoms with Gasteiger partial charge in [0, 0.05) is 49.7 Å². The molecule has 3 aliphatic rings. The zero-order valence-electron chi connectivity index (χ0n) is 29.9. The highest BCUT2D eigenvalue weighted by molar-refractivity contribution is 6.23. The zero-order valence-corrected chi connectivity index (χ0v) is 29.9. The van der Waals surface area contributed by atoms with Crippen LogP contribution in [0.4, 0.5) is 5.69 Å². The van der Waals surface area contributed by atoms with Gasteiger partial charge in [-0.2, -0.15) is 0 Å². The van der Waals surface area contributed by atoms with Crippen molar-refractivity contribution in [3.63, 3.8) is 0 Å². The first-order valence-electron chi connectivity index (χ1n) is 16.6. The molecule has 0 aliphatic carbocycles. The van der Waals surface area contributed by atoms with Gasteiger partial charge in [-0.3, -0.25) is 14.4 Å². The Kier molecular flexibility index (Phi) is 9.84. The van der Waals surface area contributed by atoms with Crippen LogP contribution in [0.25, 0.3) is 10.8 Å². The van der Waals surface area contributed by atoms with Crippen molar-refractivity contribution < 1.29 is 63.6 Å². The summed E-state index contributed by atoms with van der Waals surface area (Å²) >= 11 is 0. The molecule has 0 saturated heterocycles. The van der Waals surface area contributed by atoms with E-state index < -0.39 is 88.5 Å². The Morgan fingerprint density at radius 3 is 2.22 bits per heavy atom. The van der Waals surface area contributed by atoms with Crippen molar-refractivity contribution in [2.45, 2.75) is 91.2 Å². The first-order chi connectivity index (χ1) is 23.8. The number of carbonyl (C=O) groups is 3. The van der Waals surface area contributed by atoms with Crippen LogP contribution in [0.1, 0.15) is 64.4 Å². The number of amides is 1. The largest absolute Gasteiger partial charge is 0.507 e. The van der Waals surface area contributed by atoms with Crippen molar-refractivity contribution in [2.24, 2.45) is 17.8 Å². The Bertz CT molecular complexity index is 1880. The van der Waals surface area contributed by atoms with Gasteiger partial charge in [0.2, 0.25) is 5.60 Å².